The maximum atomic E-state index is 13.7. The summed E-state index contributed by atoms with van der Waals surface area (Å²) in [6.45, 7) is 10.8. The number of nitrogens with zero attached hydrogens (tertiary/aromatic N) is 3. The van der Waals surface area contributed by atoms with E-state index in [1.165, 1.54) is 8.61 Å². The second kappa shape index (κ2) is 13.2. The molecule has 1 aromatic carbocycles. The fraction of sp³-hybridized carbons (Fsp3) is 0.720. The van der Waals surface area contributed by atoms with Gasteiger partial charge in [0.15, 0.2) is 0 Å². The van der Waals surface area contributed by atoms with Crippen LogP contribution in [0.5, 0.6) is 0 Å². The van der Waals surface area contributed by atoms with E-state index in [0.29, 0.717) is 57.8 Å². The summed E-state index contributed by atoms with van der Waals surface area (Å²) in [6, 6.07) is 7.71. The maximum Gasteiger partial charge on any atom is 0.238 e. The Morgan fingerprint density at radius 3 is 2.26 bits per heavy atom. The quantitative estimate of drug-likeness (QED) is 0.391. The lowest BCUT2D eigenvalue weighted by molar-refractivity contribution is -0.135. The highest BCUT2D eigenvalue weighted by Crippen LogP contribution is 2.23. The van der Waals surface area contributed by atoms with E-state index in [-0.39, 0.29) is 30.0 Å². The maximum absolute atomic E-state index is 13.7. The molecule has 8 nitrogen and oxygen atoms in total. The number of carbonyl (C=O) groups is 1. The third kappa shape index (κ3) is 8.55. The summed E-state index contributed by atoms with van der Waals surface area (Å²) >= 11 is 0. The van der Waals surface area contributed by atoms with Gasteiger partial charge in [-0.3, -0.25) is 4.79 Å². The molecule has 1 fully saturated rings. The lowest BCUT2D eigenvalue weighted by atomic mass is 10.0. The van der Waals surface area contributed by atoms with Crippen LogP contribution in [0.15, 0.2) is 24.3 Å². The summed E-state index contributed by atoms with van der Waals surface area (Å²) in [7, 11) is -6.82. The number of aryl methyl sites for hydroxylation is 1. The van der Waals surface area contributed by atoms with Gasteiger partial charge in [-0.05, 0) is 56.6 Å². The van der Waals surface area contributed by atoms with Gasteiger partial charge in [0, 0.05) is 32.2 Å². The van der Waals surface area contributed by atoms with Gasteiger partial charge in [-0.15, -0.1) is 0 Å². The Balaban J connectivity index is 2.29. The lowest BCUT2D eigenvalue weighted by Crippen LogP contribution is -2.51. The van der Waals surface area contributed by atoms with Crippen molar-refractivity contribution in [1.82, 2.24) is 13.5 Å². The van der Waals surface area contributed by atoms with E-state index in [1.54, 1.807) is 11.8 Å². The lowest BCUT2D eigenvalue weighted by Gasteiger charge is -2.39. The van der Waals surface area contributed by atoms with E-state index in [2.05, 4.69) is 0 Å². The number of piperidine rings is 1. The van der Waals surface area contributed by atoms with Crippen molar-refractivity contribution < 1.29 is 21.6 Å². The highest BCUT2D eigenvalue weighted by Gasteiger charge is 2.34. The van der Waals surface area contributed by atoms with Crippen LogP contribution in [0.3, 0.4) is 0 Å². The number of hydrogen-bond acceptors (Lipinski definition) is 5. The molecule has 1 amide bonds. The van der Waals surface area contributed by atoms with Crippen LogP contribution < -0.4 is 0 Å². The molecule has 1 aliphatic heterocycles. The first-order valence-electron chi connectivity index (χ1n) is 12.7. The largest absolute Gasteiger partial charge is 0.334 e. The first-order valence-corrected chi connectivity index (χ1v) is 15.9. The topological polar surface area (TPSA) is 95.1 Å². The van der Waals surface area contributed by atoms with Crippen molar-refractivity contribution in [3.05, 3.63) is 35.4 Å². The van der Waals surface area contributed by atoms with E-state index >= 15 is 0 Å². The fourth-order valence-corrected chi connectivity index (χ4v) is 6.95. The van der Waals surface area contributed by atoms with Crippen molar-refractivity contribution >= 4 is 26.0 Å². The number of carbonyl (C=O) groups excluding carboxylic acids is 1. The number of rotatable bonds is 13. The minimum absolute atomic E-state index is 0.0173. The van der Waals surface area contributed by atoms with Crippen LogP contribution >= 0.6 is 0 Å². The van der Waals surface area contributed by atoms with Crippen LogP contribution in [0.2, 0.25) is 0 Å². The molecule has 35 heavy (non-hydrogen) atoms. The number of benzene rings is 1. The van der Waals surface area contributed by atoms with Crippen LogP contribution in [0.4, 0.5) is 0 Å². The van der Waals surface area contributed by atoms with Crippen molar-refractivity contribution in [2.24, 2.45) is 5.92 Å². The molecule has 2 rings (SSSR count). The predicted molar refractivity (Wildman–Crippen MR) is 141 cm³/mol. The monoisotopic (exact) mass is 529 g/mol. The zero-order valence-electron chi connectivity index (χ0n) is 21.9. The van der Waals surface area contributed by atoms with Crippen LogP contribution in [-0.2, 0) is 31.4 Å². The molecule has 1 heterocycles. The molecule has 0 unspecified atom stereocenters. The van der Waals surface area contributed by atoms with Crippen molar-refractivity contribution in [1.29, 1.82) is 0 Å². The third-order valence-corrected chi connectivity index (χ3v) is 10.6. The van der Waals surface area contributed by atoms with E-state index in [1.807, 2.05) is 52.0 Å². The van der Waals surface area contributed by atoms with Crippen molar-refractivity contribution in [3.8, 4) is 0 Å². The molecule has 0 radical (unpaired) electrons. The van der Waals surface area contributed by atoms with Gasteiger partial charge in [-0.1, -0.05) is 45.0 Å². The molecule has 1 aliphatic rings. The van der Waals surface area contributed by atoms with Gasteiger partial charge in [-0.2, -0.15) is 4.31 Å². The average molecular weight is 530 g/mol. The highest BCUT2D eigenvalue weighted by molar-refractivity contribution is 7.89. The van der Waals surface area contributed by atoms with Gasteiger partial charge < -0.3 is 4.90 Å². The first kappa shape index (κ1) is 29.7. The van der Waals surface area contributed by atoms with Gasteiger partial charge in [-0.25, -0.2) is 21.1 Å². The van der Waals surface area contributed by atoms with Gasteiger partial charge >= 0.3 is 0 Å². The molecule has 200 valence electrons. The van der Waals surface area contributed by atoms with Crippen molar-refractivity contribution in [2.75, 3.05) is 37.7 Å². The van der Waals surface area contributed by atoms with Gasteiger partial charge in [0.05, 0.1) is 18.1 Å². The molecule has 0 aliphatic carbocycles. The Morgan fingerprint density at radius 2 is 1.71 bits per heavy atom. The van der Waals surface area contributed by atoms with Crippen LogP contribution in [0.1, 0.15) is 64.5 Å². The van der Waals surface area contributed by atoms with Crippen LogP contribution in [-0.4, -0.2) is 80.0 Å². The average Bonchev–Trinajstić information content (AvgIpc) is 2.81. The number of amides is 1. The van der Waals surface area contributed by atoms with Gasteiger partial charge in [0.25, 0.3) is 0 Å². The molecular formula is C25H43N3O5S2. The molecule has 0 aromatic heterocycles. The summed E-state index contributed by atoms with van der Waals surface area (Å²) in [4.78, 5) is 15.5. The molecule has 0 saturated carbocycles. The minimum Gasteiger partial charge on any atom is -0.334 e. The zero-order chi connectivity index (χ0) is 26.2. The summed E-state index contributed by atoms with van der Waals surface area (Å²) < 4.78 is 53.4. The Bertz CT molecular complexity index is 1030. The molecule has 1 aromatic rings. The minimum atomic E-state index is -3.54. The Morgan fingerprint density at radius 1 is 1.09 bits per heavy atom. The van der Waals surface area contributed by atoms with E-state index in [9.17, 15) is 21.6 Å². The van der Waals surface area contributed by atoms with E-state index < -0.39 is 20.0 Å². The molecule has 0 N–H and O–H groups in total. The van der Waals surface area contributed by atoms with Gasteiger partial charge in [0.1, 0.15) is 0 Å². The summed E-state index contributed by atoms with van der Waals surface area (Å²) in [5.41, 5.74) is 2.07. The number of hydrogen-bond donors (Lipinski definition) is 0. The second-order valence-electron chi connectivity index (χ2n) is 9.81. The van der Waals surface area contributed by atoms with Crippen LogP contribution in [0, 0.1) is 12.8 Å². The highest BCUT2D eigenvalue weighted by atomic mass is 32.2. The van der Waals surface area contributed by atoms with E-state index in [4.69, 9.17) is 0 Å². The Kier molecular flexibility index (Phi) is 11.2. The molecule has 0 bridgehead atoms. The SMILES string of the molecule is CCCS(=O)(=O)N(CCC(C)C)CC(=O)N(Cc1ccccc1C)C1CCN(S(=O)(=O)CC)CC1. The normalized spacial score (nSPS) is 16.2. The number of sulfonamides is 2. The summed E-state index contributed by atoms with van der Waals surface area (Å²) in [5, 5.41) is 0. The first-order chi connectivity index (χ1) is 16.4. The molecule has 1 saturated heterocycles. The molecule has 0 atom stereocenters. The summed E-state index contributed by atoms with van der Waals surface area (Å²) in [6.07, 6.45) is 2.24. The van der Waals surface area contributed by atoms with E-state index in [0.717, 1.165) is 11.1 Å². The van der Waals surface area contributed by atoms with Crippen LogP contribution in [0.25, 0.3) is 0 Å². The predicted octanol–water partition coefficient (Wildman–Crippen LogP) is 3.23. The standard InChI is InChI=1S/C25H43N3O5S2/c1-6-18-35(32,33)27(15-12-21(3)4)20-25(29)28(19-23-11-9-8-10-22(23)5)24-13-16-26(17-14-24)34(30,31)7-2/h8-11,21,24H,6-7,12-20H2,1-5H3. The van der Waals surface area contributed by atoms with Crippen molar-refractivity contribution in [3.63, 3.8) is 0 Å². The van der Waals surface area contributed by atoms with Gasteiger partial charge in [0.2, 0.25) is 26.0 Å². The molecule has 0 spiro atoms. The third-order valence-electron chi connectivity index (χ3n) is 6.67. The Labute approximate surface area is 212 Å². The summed E-state index contributed by atoms with van der Waals surface area (Å²) in [5.74, 6) is 0.165. The zero-order valence-corrected chi connectivity index (χ0v) is 23.6. The molecule has 10 heteroatoms. The fourth-order valence-electron chi connectivity index (χ4n) is 4.35. The second-order valence-corrected chi connectivity index (χ2v) is 14.2. The Hall–Kier alpha value is -1.49. The van der Waals surface area contributed by atoms with Crippen molar-refractivity contribution in [2.45, 2.75) is 72.9 Å². The molecular weight excluding hydrogens is 486 g/mol. The smallest absolute Gasteiger partial charge is 0.238 e.